The van der Waals surface area contributed by atoms with Crippen molar-refractivity contribution in [3.8, 4) is 0 Å². The highest BCUT2D eigenvalue weighted by molar-refractivity contribution is 5.48. The summed E-state index contributed by atoms with van der Waals surface area (Å²) in [7, 11) is 0. The zero-order valence-corrected chi connectivity index (χ0v) is 14.1. The van der Waals surface area contributed by atoms with E-state index in [-0.39, 0.29) is 0 Å². The maximum absolute atomic E-state index is 3.55. The molecular formula is C18H31N3. The Morgan fingerprint density at radius 3 is 2.48 bits per heavy atom. The zero-order valence-electron chi connectivity index (χ0n) is 14.1. The van der Waals surface area contributed by atoms with Crippen LogP contribution in [0, 0.1) is 0 Å². The van der Waals surface area contributed by atoms with E-state index in [1.165, 1.54) is 24.2 Å². The average molecular weight is 289 g/mol. The number of likely N-dealkylation sites (N-methyl/N-ethyl adjacent to an activating group) is 1. The van der Waals surface area contributed by atoms with Crippen LogP contribution in [0.5, 0.6) is 0 Å². The highest BCUT2D eigenvalue weighted by Gasteiger charge is 2.22. The van der Waals surface area contributed by atoms with E-state index >= 15 is 0 Å². The summed E-state index contributed by atoms with van der Waals surface area (Å²) in [5, 5.41) is 3.55. The summed E-state index contributed by atoms with van der Waals surface area (Å²) in [6.07, 6.45) is 1.18. The number of benzene rings is 1. The van der Waals surface area contributed by atoms with Crippen LogP contribution in [0.4, 0.5) is 5.69 Å². The molecule has 0 aliphatic carbocycles. The van der Waals surface area contributed by atoms with Crippen LogP contribution in [-0.4, -0.2) is 43.7 Å². The van der Waals surface area contributed by atoms with E-state index in [9.17, 15) is 0 Å². The Hall–Kier alpha value is -1.06. The number of rotatable bonds is 6. The van der Waals surface area contributed by atoms with Crippen LogP contribution in [0.15, 0.2) is 24.3 Å². The lowest BCUT2D eigenvalue weighted by Gasteiger charge is -2.40. The van der Waals surface area contributed by atoms with Gasteiger partial charge in [0.1, 0.15) is 0 Å². The quantitative estimate of drug-likeness (QED) is 0.867. The number of anilines is 1. The van der Waals surface area contributed by atoms with Gasteiger partial charge in [-0.15, -0.1) is 0 Å². The second-order valence-electron chi connectivity index (χ2n) is 6.19. The van der Waals surface area contributed by atoms with Crippen LogP contribution >= 0.6 is 0 Å². The van der Waals surface area contributed by atoms with E-state index in [0.717, 1.165) is 26.2 Å². The first-order valence-electron chi connectivity index (χ1n) is 8.48. The van der Waals surface area contributed by atoms with E-state index < -0.39 is 0 Å². The summed E-state index contributed by atoms with van der Waals surface area (Å²) >= 11 is 0. The second kappa shape index (κ2) is 7.81. The van der Waals surface area contributed by atoms with Gasteiger partial charge in [-0.25, -0.2) is 0 Å². The SMILES string of the molecule is CCCNC(C)c1ccc(N2CCN(CC)C(C)C2)cc1. The molecule has 1 aromatic carbocycles. The van der Waals surface area contributed by atoms with Gasteiger partial charge in [0.15, 0.2) is 0 Å². The molecule has 0 radical (unpaired) electrons. The van der Waals surface area contributed by atoms with Crippen molar-refractivity contribution in [3.63, 3.8) is 0 Å². The Morgan fingerprint density at radius 1 is 1.19 bits per heavy atom. The third-order valence-corrected chi connectivity index (χ3v) is 4.63. The molecule has 3 heteroatoms. The standard InChI is InChI=1S/C18H31N3/c1-5-11-19-16(4)17-7-9-18(10-8-17)21-13-12-20(6-2)15(3)14-21/h7-10,15-16,19H,5-6,11-14H2,1-4H3. The van der Waals surface area contributed by atoms with Gasteiger partial charge in [0.2, 0.25) is 0 Å². The monoisotopic (exact) mass is 289 g/mol. The molecule has 1 heterocycles. The molecular weight excluding hydrogens is 258 g/mol. The molecule has 3 nitrogen and oxygen atoms in total. The fourth-order valence-electron chi connectivity index (χ4n) is 3.15. The Labute approximate surface area is 130 Å². The van der Waals surface area contributed by atoms with Crippen LogP contribution in [0.1, 0.15) is 45.7 Å². The first-order valence-corrected chi connectivity index (χ1v) is 8.48. The van der Waals surface area contributed by atoms with Crippen molar-refractivity contribution in [1.29, 1.82) is 0 Å². The van der Waals surface area contributed by atoms with E-state index in [1.54, 1.807) is 0 Å². The molecule has 0 bridgehead atoms. The molecule has 1 aliphatic heterocycles. The van der Waals surface area contributed by atoms with E-state index in [2.05, 4.69) is 67.1 Å². The fraction of sp³-hybridized carbons (Fsp3) is 0.667. The van der Waals surface area contributed by atoms with Crippen LogP contribution in [0.3, 0.4) is 0 Å². The molecule has 2 atom stereocenters. The fourth-order valence-corrected chi connectivity index (χ4v) is 3.15. The third kappa shape index (κ3) is 4.21. The van der Waals surface area contributed by atoms with Gasteiger partial charge in [0, 0.05) is 37.4 Å². The third-order valence-electron chi connectivity index (χ3n) is 4.63. The van der Waals surface area contributed by atoms with Gasteiger partial charge in [-0.3, -0.25) is 4.90 Å². The lowest BCUT2D eigenvalue weighted by atomic mass is 10.1. The molecule has 0 aromatic heterocycles. The lowest BCUT2D eigenvalue weighted by Crippen LogP contribution is -2.51. The van der Waals surface area contributed by atoms with Gasteiger partial charge in [-0.2, -0.15) is 0 Å². The van der Waals surface area contributed by atoms with Crippen LogP contribution in [0.2, 0.25) is 0 Å². The molecule has 2 unspecified atom stereocenters. The summed E-state index contributed by atoms with van der Waals surface area (Å²) in [5.74, 6) is 0. The number of hydrogen-bond acceptors (Lipinski definition) is 3. The minimum Gasteiger partial charge on any atom is -0.369 e. The Bertz CT molecular complexity index is 415. The van der Waals surface area contributed by atoms with Gasteiger partial charge in [0.05, 0.1) is 0 Å². The van der Waals surface area contributed by atoms with Crippen LogP contribution in [-0.2, 0) is 0 Å². The minimum atomic E-state index is 0.440. The lowest BCUT2D eigenvalue weighted by molar-refractivity contribution is 0.199. The zero-order chi connectivity index (χ0) is 15.2. The van der Waals surface area contributed by atoms with Gasteiger partial charge < -0.3 is 10.2 Å². The molecule has 1 aromatic rings. The summed E-state index contributed by atoms with van der Waals surface area (Å²) in [5.41, 5.74) is 2.75. The van der Waals surface area contributed by atoms with Crippen molar-refractivity contribution >= 4 is 5.69 Å². The van der Waals surface area contributed by atoms with Crippen molar-refractivity contribution in [2.45, 2.75) is 46.2 Å². The number of hydrogen-bond donors (Lipinski definition) is 1. The van der Waals surface area contributed by atoms with Crippen molar-refractivity contribution < 1.29 is 0 Å². The molecule has 0 amide bonds. The van der Waals surface area contributed by atoms with Crippen LogP contribution in [0.25, 0.3) is 0 Å². The average Bonchev–Trinajstić information content (AvgIpc) is 2.52. The molecule has 1 fully saturated rings. The smallest absolute Gasteiger partial charge is 0.0367 e. The Balaban J connectivity index is 1.96. The normalized spacial score (nSPS) is 21.5. The van der Waals surface area contributed by atoms with Crippen molar-refractivity contribution in [2.24, 2.45) is 0 Å². The molecule has 1 aliphatic rings. The number of piperazine rings is 1. The van der Waals surface area contributed by atoms with Crippen molar-refractivity contribution in [3.05, 3.63) is 29.8 Å². The maximum atomic E-state index is 3.55. The van der Waals surface area contributed by atoms with Gasteiger partial charge in [-0.05, 0) is 51.1 Å². The van der Waals surface area contributed by atoms with Crippen molar-refractivity contribution in [2.75, 3.05) is 37.6 Å². The second-order valence-corrected chi connectivity index (χ2v) is 6.19. The first kappa shape index (κ1) is 16.3. The van der Waals surface area contributed by atoms with Crippen molar-refractivity contribution in [1.82, 2.24) is 10.2 Å². The minimum absolute atomic E-state index is 0.440. The van der Waals surface area contributed by atoms with Gasteiger partial charge in [0.25, 0.3) is 0 Å². The summed E-state index contributed by atoms with van der Waals surface area (Å²) < 4.78 is 0. The predicted octanol–water partition coefficient (Wildman–Crippen LogP) is 3.28. The molecule has 1 N–H and O–H groups in total. The maximum Gasteiger partial charge on any atom is 0.0367 e. The predicted molar refractivity (Wildman–Crippen MR) is 92.1 cm³/mol. The Kier molecular flexibility index (Phi) is 6.07. The topological polar surface area (TPSA) is 18.5 Å². The molecule has 0 saturated carbocycles. The summed E-state index contributed by atoms with van der Waals surface area (Å²) in [4.78, 5) is 5.08. The number of nitrogens with zero attached hydrogens (tertiary/aromatic N) is 2. The molecule has 21 heavy (non-hydrogen) atoms. The van der Waals surface area contributed by atoms with E-state index in [0.29, 0.717) is 12.1 Å². The molecule has 2 rings (SSSR count). The highest BCUT2D eigenvalue weighted by atomic mass is 15.3. The summed E-state index contributed by atoms with van der Waals surface area (Å²) in [6.45, 7) is 14.7. The van der Waals surface area contributed by atoms with Gasteiger partial charge >= 0.3 is 0 Å². The molecule has 0 spiro atoms. The Morgan fingerprint density at radius 2 is 1.90 bits per heavy atom. The largest absolute Gasteiger partial charge is 0.369 e. The molecule has 1 saturated heterocycles. The van der Waals surface area contributed by atoms with Crippen LogP contribution < -0.4 is 10.2 Å². The van der Waals surface area contributed by atoms with E-state index in [4.69, 9.17) is 0 Å². The number of nitrogens with one attached hydrogen (secondary N) is 1. The van der Waals surface area contributed by atoms with Gasteiger partial charge in [-0.1, -0.05) is 26.0 Å². The molecule has 118 valence electrons. The first-order chi connectivity index (χ1) is 10.2. The summed E-state index contributed by atoms with van der Waals surface area (Å²) in [6, 6.07) is 10.2. The van der Waals surface area contributed by atoms with E-state index in [1.807, 2.05) is 0 Å². The highest BCUT2D eigenvalue weighted by Crippen LogP contribution is 2.22.